The summed E-state index contributed by atoms with van der Waals surface area (Å²) in [6.07, 6.45) is 2.99. The fourth-order valence-corrected chi connectivity index (χ4v) is 4.90. The lowest BCUT2D eigenvalue weighted by atomic mass is 10.1. The zero-order valence-electron chi connectivity index (χ0n) is 22.1. The number of pyridine rings is 1. The average Bonchev–Trinajstić information content (AvgIpc) is 2.90. The van der Waals surface area contributed by atoms with Gasteiger partial charge >= 0.3 is 0 Å². The first-order valence-electron chi connectivity index (χ1n) is 12.7. The van der Waals surface area contributed by atoms with Crippen LogP contribution >= 0.6 is 0 Å². The number of ether oxygens (including phenoxy) is 1. The van der Waals surface area contributed by atoms with Crippen molar-refractivity contribution in [2.24, 2.45) is 0 Å². The molecule has 1 atom stereocenters. The highest BCUT2D eigenvalue weighted by molar-refractivity contribution is 5.98. The molecule has 198 valence electrons. The van der Waals surface area contributed by atoms with Gasteiger partial charge in [-0.1, -0.05) is 0 Å². The Balaban J connectivity index is 1.55. The van der Waals surface area contributed by atoms with Gasteiger partial charge in [-0.3, -0.25) is 9.78 Å². The van der Waals surface area contributed by atoms with E-state index in [1.807, 2.05) is 38.1 Å². The number of amides is 1. The standard InChI is InChI=1S/C28H32FN7O2/c1-18(16-34(3)4)38-25-15-20(36-12-10-35(11-13-36)19(2)37)14-24-26(25)28(32-17-31-24)33-23-8-7-22-21(27(23)29)6-5-9-30-22/h5-9,14-15,17-18H,10-13,16H2,1-4H3,(H,31,32,33)/t18-/m1/s1. The largest absolute Gasteiger partial charge is 0.488 e. The van der Waals surface area contributed by atoms with E-state index in [0.717, 1.165) is 5.69 Å². The number of likely N-dealkylation sites (N-methyl/N-ethyl adjacent to an activating group) is 1. The highest BCUT2D eigenvalue weighted by Gasteiger charge is 2.22. The van der Waals surface area contributed by atoms with Crippen LogP contribution in [0.3, 0.4) is 0 Å². The molecular formula is C28H32FN7O2. The second-order valence-corrected chi connectivity index (χ2v) is 9.87. The predicted octanol–water partition coefficient (Wildman–Crippen LogP) is 4.06. The third-order valence-corrected chi connectivity index (χ3v) is 6.70. The Hall–Kier alpha value is -4.05. The molecule has 1 aliphatic rings. The molecule has 0 saturated carbocycles. The van der Waals surface area contributed by atoms with E-state index in [2.05, 4.69) is 30.1 Å². The molecule has 1 fully saturated rings. The van der Waals surface area contributed by atoms with Crippen molar-refractivity contribution in [3.05, 3.63) is 54.7 Å². The van der Waals surface area contributed by atoms with Gasteiger partial charge in [0.15, 0.2) is 5.82 Å². The fourth-order valence-electron chi connectivity index (χ4n) is 4.90. The molecule has 0 unspecified atom stereocenters. The second-order valence-electron chi connectivity index (χ2n) is 9.87. The van der Waals surface area contributed by atoms with Crippen LogP contribution in [0.25, 0.3) is 21.8 Å². The number of nitrogens with one attached hydrogen (secondary N) is 1. The molecule has 1 amide bonds. The molecule has 1 aliphatic heterocycles. The predicted molar refractivity (Wildman–Crippen MR) is 148 cm³/mol. The van der Waals surface area contributed by atoms with Crippen molar-refractivity contribution in [3.8, 4) is 5.75 Å². The van der Waals surface area contributed by atoms with Crippen molar-refractivity contribution < 1.29 is 13.9 Å². The summed E-state index contributed by atoms with van der Waals surface area (Å²) in [6.45, 7) is 7.07. The van der Waals surface area contributed by atoms with Crippen molar-refractivity contribution in [3.63, 3.8) is 0 Å². The van der Waals surface area contributed by atoms with E-state index >= 15 is 4.39 Å². The molecule has 5 rings (SSSR count). The first kappa shape index (κ1) is 25.6. The van der Waals surface area contributed by atoms with E-state index in [0.29, 0.717) is 71.8 Å². The average molecular weight is 518 g/mol. The molecule has 0 spiro atoms. The van der Waals surface area contributed by atoms with E-state index in [4.69, 9.17) is 4.74 Å². The zero-order valence-corrected chi connectivity index (χ0v) is 22.1. The molecule has 2 aromatic heterocycles. The maximum atomic E-state index is 15.4. The van der Waals surface area contributed by atoms with Gasteiger partial charge in [0.1, 0.15) is 24.0 Å². The monoisotopic (exact) mass is 517 g/mol. The molecule has 1 saturated heterocycles. The number of carbonyl (C=O) groups is 1. The summed E-state index contributed by atoms with van der Waals surface area (Å²) in [5.41, 5.74) is 2.52. The summed E-state index contributed by atoms with van der Waals surface area (Å²) in [7, 11) is 3.99. The Kier molecular flexibility index (Phi) is 7.24. The van der Waals surface area contributed by atoms with E-state index in [1.165, 1.54) is 6.33 Å². The van der Waals surface area contributed by atoms with Crippen LogP contribution in [-0.2, 0) is 4.79 Å². The third kappa shape index (κ3) is 5.31. The second kappa shape index (κ2) is 10.7. The molecular weight excluding hydrogens is 485 g/mol. The minimum atomic E-state index is -0.397. The quantitative estimate of drug-likeness (QED) is 0.393. The van der Waals surface area contributed by atoms with Crippen LogP contribution < -0.4 is 15.0 Å². The summed E-state index contributed by atoms with van der Waals surface area (Å²) in [4.78, 5) is 31.2. The van der Waals surface area contributed by atoms with Crippen molar-refractivity contribution in [1.29, 1.82) is 0 Å². The highest BCUT2D eigenvalue weighted by Crippen LogP contribution is 2.37. The number of anilines is 3. The lowest BCUT2D eigenvalue weighted by molar-refractivity contribution is -0.129. The SMILES string of the molecule is CC(=O)N1CCN(c2cc(O[C@H](C)CN(C)C)c3c(Nc4ccc5ncccc5c4F)ncnc3c2)CC1. The van der Waals surface area contributed by atoms with Crippen LogP contribution in [0.1, 0.15) is 13.8 Å². The van der Waals surface area contributed by atoms with Gasteiger partial charge in [-0.15, -0.1) is 0 Å². The van der Waals surface area contributed by atoms with Crippen LogP contribution in [0.5, 0.6) is 5.75 Å². The van der Waals surface area contributed by atoms with Crippen molar-refractivity contribution >= 4 is 44.9 Å². The summed E-state index contributed by atoms with van der Waals surface area (Å²) in [5, 5.41) is 4.28. The van der Waals surface area contributed by atoms with Gasteiger partial charge < -0.3 is 24.8 Å². The molecule has 0 aliphatic carbocycles. The molecule has 38 heavy (non-hydrogen) atoms. The number of hydrogen-bond donors (Lipinski definition) is 1. The maximum absolute atomic E-state index is 15.4. The molecule has 10 heteroatoms. The smallest absolute Gasteiger partial charge is 0.219 e. The van der Waals surface area contributed by atoms with E-state index < -0.39 is 5.82 Å². The summed E-state index contributed by atoms with van der Waals surface area (Å²) >= 11 is 0. The van der Waals surface area contributed by atoms with Gasteiger partial charge in [0, 0.05) is 63.0 Å². The van der Waals surface area contributed by atoms with Crippen LogP contribution in [-0.4, -0.2) is 83.6 Å². The van der Waals surface area contributed by atoms with Crippen LogP contribution in [0.15, 0.2) is 48.9 Å². The van der Waals surface area contributed by atoms with Crippen molar-refractivity contribution in [2.45, 2.75) is 20.0 Å². The van der Waals surface area contributed by atoms with Gasteiger partial charge in [-0.25, -0.2) is 14.4 Å². The van der Waals surface area contributed by atoms with Crippen molar-refractivity contribution in [1.82, 2.24) is 24.8 Å². The van der Waals surface area contributed by atoms with Crippen LogP contribution in [0.2, 0.25) is 0 Å². The molecule has 0 bridgehead atoms. The van der Waals surface area contributed by atoms with Crippen LogP contribution in [0.4, 0.5) is 21.6 Å². The minimum absolute atomic E-state index is 0.0878. The number of benzene rings is 2. The number of hydrogen-bond acceptors (Lipinski definition) is 8. The summed E-state index contributed by atoms with van der Waals surface area (Å²) in [6, 6.07) is 10.8. The summed E-state index contributed by atoms with van der Waals surface area (Å²) < 4.78 is 21.8. The van der Waals surface area contributed by atoms with Gasteiger partial charge in [-0.05, 0) is 51.4 Å². The molecule has 1 N–H and O–H groups in total. The number of carbonyl (C=O) groups excluding carboxylic acids is 1. The Bertz CT molecular complexity index is 1470. The summed E-state index contributed by atoms with van der Waals surface area (Å²) in [5.74, 6) is 0.763. The first-order valence-corrected chi connectivity index (χ1v) is 12.7. The Morgan fingerprint density at radius 1 is 1.11 bits per heavy atom. The fraction of sp³-hybridized carbons (Fsp3) is 0.357. The molecule has 0 radical (unpaired) electrons. The third-order valence-electron chi connectivity index (χ3n) is 6.70. The number of halogens is 1. The van der Waals surface area contributed by atoms with Gasteiger partial charge in [0.05, 0.1) is 22.1 Å². The van der Waals surface area contributed by atoms with E-state index in [1.54, 1.807) is 37.4 Å². The first-order chi connectivity index (χ1) is 18.3. The number of fused-ring (bicyclic) bond motifs is 2. The van der Waals surface area contributed by atoms with E-state index in [-0.39, 0.29) is 12.0 Å². The lowest BCUT2D eigenvalue weighted by Gasteiger charge is -2.36. The highest BCUT2D eigenvalue weighted by atomic mass is 19.1. The minimum Gasteiger partial charge on any atom is -0.488 e. The molecule has 4 aromatic rings. The lowest BCUT2D eigenvalue weighted by Crippen LogP contribution is -2.48. The Morgan fingerprint density at radius 2 is 1.89 bits per heavy atom. The normalized spacial score (nSPS) is 14.8. The number of piperazine rings is 1. The Labute approximate surface area is 221 Å². The van der Waals surface area contributed by atoms with Gasteiger partial charge in [0.2, 0.25) is 5.91 Å². The molecule has 9 nitrogen and oxygen atoms in total. The number of rotatable bonds is 7. The van der Waals surface area contributed by atoms with Gasteiger partial charge in [0.25, 0.3) is 0 Å². The molecule has 3 heterocycles. The zero-order chi connectivity index (χ0) is 26.8. The topological polar surface area (TPSA) is 86.7 Å². The number of nitrogens with zero attached hydrogens (tertiary/aromatic N) is 6. The Morgan fingerprint density at radius 3 is 2.63 bits per heavy atom. The van der Waals surface area contributed by atoms with Gasteiger partial charge in [-0.2, -0.15) is 0 Å². The maximum Gasteiger partial charge on any atom is 0.219 e. The number of aromatic nitrogens is 3. The van der Waals surface area contributed by atoms with E-state index in [9.17, 15) is 4.79 Å². The van der Waals surface area contributed by atoms with Crippen LogP contribution in [0, 0.1) is 5.82 Å². The van der Waals surface area contributed by atoms with Crippen molar-refractivity contribution in [2.75, 3.05) is 57.0 Å². The molecule has 2 aromatic carbocycles.